The molecule has 66 valence electrons. The van der Waals surface area contributed by atoms with Gasteiger partial charge in [0.1, 0.15) is 0 Å². The standard InChI is InChI=1S/C11H15I/c1-10-5-4-7-11(9-10)6-2-3-8-12/h4-5,7,9H,2-3,6,8H2,1H3. The predicted octanol–water partition coefficient (Wildman–Crippen LogP) is 3.75. The first-order valence-electron chi connectivity index (χ1n) is 4.44. The lowest BCUT2D eigenvalue weighted by atomic mass is 10.1. The normalized spacial score (nSPS) is 10.2. The second kappa shape index (κ2) is 5.57. The molecule has 0 fully saturated rings. The van der Waals surface area contributed by atoms with Crippen molar-refractivity contribution in [2.24, 2.45) is 0 Å². The van der Waals surface area contributed by atoms with Gasteiger partial charge in [-0.2, -0.15) is 0 Å². The SMILES string of the molecule is Cc1cccc(CCCCI)c1. The fourth-order valence-corrected chi connectivity index (χ4v) is 1.83. The van der Waals surface area contributed by atoms with Crippen LogP contribution in [0.1, 0.15) is 24.0 Å². The number of aryl methyl sites for hydroxylation is 2. The Labute approximate surface area is 88.5 Å². The molecule has 0 saturated heterocycles. The summed E-state index contributed by atoms with van der Waals surface area (Å²) in [5.41, 5.74) is 2.86. The minimum absolute atomic E-state index is 1.24. The van der Waals surface area contributed by atoms with Gasteiger partial charge in [-0.25, -0.2) is 0 Å². The Bertz CT molecular complexity index is 230. The Hall–Kier alpha value is -0.0500. The van der Waals surface area contributed by atoms with Crippen LogP contribution in [-0.2, 0) is 6.42 Å². The number of hydrogen-bond acceptors (Lipinski definition) is 0. The van der Waals surface area contributed by atoms with Crippen molar-refractivity contribution in [3.8, 4) is 0 Å². The van der Waals surface area contributed by atoms with Crippen LogP contribution in [0.15, 0.2) is 24.3 Å². The topological polar surface area (TPSA) is 0 Å². The Morgan fingerprint density at radius 2 is 2.08 bits per heavy atom. The molecule has 0 spiro atoms. The van der Waals surface area contributed by atoms with E-state index < -0.39 is 0 Å². The van der Waals surface area contributed by atoms with Gasteiger partial charge < -0.3 is 0 Å². The molecule has 0 N–H and O–H groups in total. The molecule has 0 nitrogen and oxygen atoms in total. The molecule has 0 saturated carbocycles. The summed E-state index contributed by atoms with van der Waals surface area (Å²) in [6.45, 7) is 2.15. The third-order valence-corrected chi connectivity index (χ3v) is 2.69. The quantitative estimate of drug-likeness (QED) is 0.445. The molecule has 0 atom stereocenters. The zero-order valence-electron chi connectivity index (χ0n) is 7.52. The maximum Gasteiger partial charge on any atom is -0.000461 e. The Kier molecular flexibility index (Phi) is 4.66. The highest BCUT2D eigenvalue weighted by Gasteiger charge is 1.92. The van der Waals surface area contributed by atoms with Gasteiger partial charge in [-0.3, -0.25) is 0 Å². The largest absolute Gasteiger partial charge is 0.0864 e. The van der Waals surface area contributed by atoms with Crippen molar-refractivity contribution in [2.45, 2.75) is 26.2 Å². The van der Waals surface area contributed by atoms with Crippen LogP contribution in [0, 0.1) is 6.92 Å². The highest BCUT2D eigenvalue weighted by Crippen LogP contribution is 2.08. The summed E-state index contributed by atoms with van der Waals surface area (Å²) < 4.78 is 1.28. The molecule has 1 heteroatoms. The van der Waals surface area contributed by atoms with Crippen molar-refractivity contribution < 1.29 is 0 Å². The third-order valence-electron chi connectivity index (χ3n) is 1.93. The first-order valence-corrected chi connectivity index (χ1v) is 5.97. The maximum absolute atomic E-state index is 2.44. The lowest BCUT2D eigenvalue weighted by Gasteiger charge is -2.00. The molecule has 0 radical (unpaired) electrons. The van der Waals surface area contributed by atoms with Gasteiger partial charge in [-0.15, -0.1) is 0 Å². The fourth-order valence-electron chi connectivity index (χ4n) is 1.29. The first kappa shape index (κ1) is 10.0. The lowest BCUT2D eigenvalue weighted by Crippen LogP contribution is -1.86. The van der Waals surface area contributed by atoms with Crippen LogP contribution < -0.4 is 0 Å². The van der Waals surface area contributed by atoms with Gasteiger partial charge in [0.15, 0.2) is 0 Å². The van der Waals surface area contributed by atoms with E-state index in [2.05, 4.69) is 53.8 Å². The summed E-state index contributed by atoms with van der Waals surface area (Å²) in [4.78, 5) is 0. The van der Waals surface area contributed by atoms with Crippen molar-refractivity contribution in [3.63, 3.8) is 0 Å². The molecule has 0 aliphatic rings. The van der Waals surface area contributed by atoms with Crippen LogP contribution in [0.5, 0.6) is 0 Å². The summed E-state index contributed by atoms with van der Waals surface area (Å²) in [6, 6.07) is 8.81. The zero-order valence-corrected chi connectivity index (χ0v) is 9.67. The second-order valence-electron chi connectivity index (χ2n) is 3.14. The van der Waals surface area contributed by atoms with Crippen LogP contribution in [0.2, 0.25) is 0 Å². The molecular weight excluding hydrogens is 259 g/mol. The van der Waals surface area contributed by atoms with Crippen molar-refractivity contribution in [2.75, 3.05) is 4.43 Å². The first-order chi connectivity index (χ1) is 5.83. The van der Waals surface area contributed by atoms with Crippen molar-refractivity contribution in [3.05, 3.63) is 35.4 Å². The second-order valence-corrected chi connectivity index (χ2v) is 4.21. The highest BCUT2D eigenvalue weighted by molar-refractivity contribution is 14.1. The molecule has 0 amide bonds. The molecule has 1 rings (SSSR count). The average Bonchev–Trinajstić information content (AvgIpc) is 2.05. The lowest BCUT2D eigenvalue weighted by molar-refractivity contribution is 0.809. The Morgan fingerprint density at radius 3 is 2.75 bits per heavy atom. The molecule has 0 unspecified atom stereocenters. The minimum Gasteiger partial charge on any atom is -0.0864 e. The molecule has 0 bridgehead atoms. The van der Waals surface area contributed by atoms with Crippen LogP contribution >= 0.6 is 22.6 Å². The van der Waals surface area contributed by atoms with Gasteiger partial charge in [0.25, 0.3) is 0 Å². The minimum atomic E-state index is 1.24. The van der Waals surface area contributed by atoms with E-state index in [0.29, 0.717) is 0 Å². The van der Waals surface area contributed by atoms with Crippen LogP contribution in [-0.4, -0.2) is 4.43 Å². The van der Waals surface area contributed by atoms with E-state index in [4.69, 9.17) is 0 Å². The number of halogens is 1. The average molecular weight is 274 g/mol. The molecule has 0 aliphatic heterocycles. The highest BCUT2D eigenvalue weighted by atomic mass is 127. The molecule has 1 aromatic carbocycles. The molecular formula is C11H15I. The van der Waals surface area contributed by atoms with Crippen LogP contribution in [0.25, 0.3) is 0 Å². The van der Waals surface area contributed by atoms with Crippen molar-refractivity contribution in [1.82, 2.24) is 0 Å². The van der Waals surface area contributed by atoms with E-state index >= 15 is 0 Å². The number of hydrogen-bond donors (Lipinski definition) is 0. The van der Waals surface area contributed by atoms with Gasteiger partial charge in [-0.1, -0.05) is 52.4 Å². The molecule has 1 aromatic rings. The fraction of sp³-hybridized carbons (Fsp3) is 0.455. The van der Waals surface area contributed by atoms with Gasteiger partial charge in [0.05, 0.1) is 0 Å². The van der Waals surface area contributed by atoms with E-state index in [-0.39, 0.29) is 0 Å². The van der Waals surface area contributed by atoms with Crippen molar-refractivity contribution in [1.29, 1.82) is 0 Å². The van der Waals surface area contributed by atoms with Gasteiger partial charge >= 0.3 is 0 Å². The van der Waals surface area contributed by atoms with Crippen molar-refractivity contribution >= 4 is 22.6 Å². The Morgan fingerprint density at radius 1 is 1.25 bits per heavy atom. The number of alkyl halides is 1. The van der Waals surface area contributed by atoms with Gasteiger partial charge in [0.2, 0.25) is 0 Å². The summed E-state index contributed by atoms with van der Waals surface area (Å²) in [5, 5.41) is 0. The van der Waals surface area contributed by atoms with E-state index in [1.165, 1.54) is 34.8 Å². The molecule has 0 aliphatic carbocycles. The van der Waals surface area contributed by atoms with Gasteiger partial charge in [0, 0.05) is 0 Å². The number of benzene rings is 1. The Balaban J connectivity index is 2.41. The van der Waals surface area contributed by atoms with Gasteiger partial charge in [-0.05, 0) is 36.2 Å². The summed E-state index contributed by atoms with van der Waals surface area (Å²) in [5.74, 6) is 0. The summed E-state index contributed by atoms with van der Waals surface area (Å²) >= 11 is 2.44. The molecule has 0 heterocycles. The van der Waals surface area contributed by atoms with E-state index in [1.807, 2.05) is 0 Å². The number of unbranched alkanes of at least 4 members (excludes halogenated alkanes) is 1. The zero-order chi connectivity index (χ0) is 8.81. The summed E-state index contributed by atoms with van der Waals surface area (Å²) in [7, 11) is 0. The summed E-state index contributed by atoms with van der Waals surface area (Å²) in [6.07, 6.45) is 3.91. The molecule has 12 heavy (non-hydrogen) atoms. The maximum atomic E-state index is 2.44. The van der Waals surface area contributed by atoms with Crippen LogP contribution in [0.4, 0.5) is 0 Å². The van der Waals surface area contributed by atoms with Crippen LogP contribution in [0.3, 0.4) is 0 Å². The predicted molar refractivity (Wildman–Crippen MR) is 63.0 cm³/mol. The molecule has 0 aromatic heterocycles. The monoisotopic (exact) mass is 274 g/mol. The smallest absolute Gasteiger partial charge is 0.000461 e. The van der Waals surface area contributed by atoms with E-state index in [0.717, 1.165) is 0 Å². The number of rotatable bonds is 4. The third kappa shape index (κ3) is 3.57. The van der Waals surface area contributed by atoms with E-state index in [1.54, 1.807) is 0 Å². The van der Waals surface area contributed by atoms with E-state index in [9.17, 15) is 0 Å².